The van der Waals surface area contributed by atoms with Crippen molar-refractivity contribution in [3.63, 3.8) is 0 Å². The number of hydrogen-bond acceptors (Lipinski definition) is 9. The maximum atomic E-state index is 13.8. The summed E-state index contributed by atoms with van der Waals surface area (Å²) in [5.41, 5.74) is 1.42. The van der Waals surface area contributed by atoms with E-state index in [0.717, 1.165) is 33.2 Å². The van der Waals surface area contributed by atoms with Gasteiger partial charge in [0.05, 0.1) is 31.1 Å². The molecule has 0 aliphatic carbocycles. The predicted molar refractivity (Wildman–Crippen MR) is 161 cm³/mol. The average Bonchev–Trinajstić information content (AvgIpc) is 3.64. The third kappa shape index (κ3) is 6.26. The van der Waals surface area contributed by atoms with Crippen molar-refractivity contribution in [2.45, 2.75) is 18.4 Å². The summed E-state index contributed by atoms with van der Waals surface area (Å²) in [7, 11) is -3.86. The molecule has 3 aromatic carbocycles. The molecule has 0 N–H and O–H groups in total. The fourth-order valence-electron chi connectivity index (χ4n) is 3.98. The van der Waals surface area contributed by atoms with Gasteiger partial charge in [-0.3, -0.25) is 14.9 Å². The molecular weight excluding hydrogens is 602 g/mol. The highest BCUT2D eigenvalue weighted by Crippen LogP contribution is 2.31. The minimum atomic E-state index is -3.86. The van der Waals surface area contributed by atoms with Crippen LogP contribution in [0.5, 0.6) is 0 Å². The first-order valence-electron chi connectivity index (χ1n) is 12.5. The number of carbonyl (C=O) groups is 1. The van der Waals surface area contributed by atoms with Gasteiger partial charge < -0.3 is 0 Å². The van der Waals surface area contributed by atoms with Crippen LogP contribution >= 0.6 is 22.7 Å². The zero-order chi connectivity index (χ0) is 29.9. The molecule has 5 rings (SSSR count). The van der Waals surface area contributed by atoms with E-state index >= 15 is 0 Å². The molecule has 0 bridgehead atoms. The minimum Gasteiger partial charge on any atom is -0.267 e. The van der Waals surface area contributed by atoms with Gasteiger partial charge in [0.1, 0.15) is 5.82 Å². The van der Waals surface area contributed by atoms with E-state index in [0.29, 0.717) is 15.1 Å². The second-order valence-corrected chi connectivity index (χ2v) is 12.9. The summed E-state index contributed by atoms with van der Waals surface area (Å²) in [5.74, 6) is -1.09. The standard InChI is InChI=1S/C28H22FN5O5S3/c1-2-32(18-19-6-4-3-5-7-19)42(38,39)23-12-8-20(9-13-23)27(35)33(30-17-22-11-15-26(40-22)34(36)37)28-31-24-14-10-21(29)16-25(24)41-28/h3-17H,2,18H2,1H3/b30-17+. The first-order chi connectivity index (χ1) is 20.2. The number of fused-ring (bicyclic) bond motifs is 1. The molecule has 2 heterocycles. The molecule has 0 fully saturated rings. The maximum Gasteiger partial charge on any atom is 0.324 e. The summed E-state index contributed by atoms with van der Waals surface area (Å²) in [6.07, 6.45) is 1.30. The number of anilines is 1. The molecule has 0 unspecified atom stereocenters. The molecule has 0 aliphatic heterocycles. The minimum absolute atomic E-state index is 0.0215. The monoisotopic (exact) mass is 623 g/mol. The first-order valence-corrected chi connectivity index (χ1v) is 15.6. The molecule has 214 valence electrons. The Morgan fingerprint density at radius 2 is 1.79 bits per heavy atom. The van der Waals surface area contributed by atoms with Gasteiger partial charge in [-0.1, -0.05) is 59.9 Å². The van der Waals surface area contributed by atoms with Gasteiger partial charge in [0.15, 0.2) is 0 Å². The van der Waals surface area contributed by atoms with Crippen LogP contribution in [-0.4, -0.2) is 41.3 Å². The molecule has 0 aliphatic rings. The SMILES string of the molecule is CCN(Cc1ccccc1)S(=O)(=O)c1ccc(C(=O)N(/N=C/c2ccc([N+](=O)[O-])s2)c2nc3ccc(F)cc3s2)cc1. The van der Waals surface area contributed by atoms with Crippen LogP contribution in [0.1, 0.15) is 27.7 Å². The topological polar surface area (TPSA) is 126 Å². The largest absolute Gasteiger partial charge is 0.324 e. The second-order valence-electron chi connectivity index (χ2n) is 8.84. The van der Waals surface area contributed by atoms with E-state index in [2.05, 4.69) is 10.1 Å². The van der Waals surface area contributed by atoms with Gasteiger partial charge in [0.25, 0.3) is 5.91 Å². The molecule has 10 nitrogen and oxygen atoms in total. The Bertz CT molecular complexity index is 1890. The number of amides is 1. The first kappa shape index (κ1) is 29.1. The summed E-state index contributed by atoms with van der Waals surface area (Å²) in [4.78, 5) is 29.1. The molecule has 0 saturated carbocycles. The summed E-state index contributed by atoms with van der Waals surface area (Å²) < 4.78 is 42.4. The molecular formula is C28H22FN5O5S3. The Balaban J connectivity index is 1.45. The van der Waals surface area contributed by atoms with Gasteiger partial charge in [-0.25, -0.2) is 17.8 Å². The van der Waals surface area contributed by atoms with Gasteiger partial charge in [-0.15, -0.1) is 0 Å². The number of benzene rings is 3. The van der Waals surface area contributed by atoms with Crippen LogP contribution in [0.2, 0.25) is 0 Å². The lowest BCUT2D eigenvalue weighted by Gasteiger charge is -2.21. The number of hydrogen-bond donors (Lipinski definition) is 0. The van der Waals surface area contributed by atoms with Gasteiger partial charge in [0.2, 0.25) is 15.2 Å². The third-order valence-corrected chi connectivity index (χ3v) is 10.00. The molecule has 14 heteroatoms. The summed E-state index contributed by atoms with van der Waals surface area (Å²) >= 11 is 1.91. The lowest BCUT2D eigenvalue weighted by atomic mass is 10.2. The normalized spacial score (nSPS) is 11.9. The summed E-state index contributed by atoms with van der Waals surface area (Å²) in [5, 5.41) is 16.4. The zero-order valence-electron chi connectivity index (χ0n) is 22.0. The van der Waals surface area contributed by atoms with Gasteiger partial charge in [-0.05, 0) is 54.1 Å². The highest BCUT2D eigenvalue weighted by Gasteiger charge is 2.26. The zero-order valence-corrected chi connectivity index (χ0v) is 24.4. The van der Waals surface area contributed by atoms with Crippen molar-refractivity contribution in [2.24, 2.45) is 5.10 Å². The van der Waals surface area contributed by atoms with Crippen molar-refractivity contribution in [1.82, 2.24) is 9.29 Å². The Kier molecular flexibility index (Phi) is 8.49. The fourth-order valence-corrected chi connectivity index (χ4v) is 7.06. The number of aromatic nitrogens is 1. The predicted octanol–water partition coefficient (Wildman–Crippen LogP) is 6.30. The van der Waals surface area contributed by atoms with Crippen molar-refractivity contribution in [3.05, 3.63) is 117 Å². The van der Waals surface area contributed by atoms with Crippen molar-refractivity contribution in [2.75, 3.05) is 11.6 Å². The van der Waals surface area contributed by atoms with Gasteiger partial charge in [-0.2, -0.15) is 14.4 Å². The number of thiophene rings is 1. The lowest BCUT2D eigenvalue weighted by molar-refractivity contribution is -0.380. The molecule has 0 saturated heterocycles. The smallest absolute Gasteiger partial charge is 0.267 e. The maximum absolute atomic E-state index is 13.8. The molecule has 42 heavy (non-hydrogen) atoms. The Hall–Kier alpha value is -4.37. The molecule has 2 aromatic heterocycles. The lowest BCUT2D eigenvalue weighted by Crippen LogP contribution is -2.30. The van der Waals surface area contributed by atoms with Crippen molar-refractivity contribution >= 4 is 65.2 Å². The number of rotatable bonds is 10. The number of nitro groups is 1. The van der Waals surface area contributed by atoms with E-state index < -0.39 is 26.7 Å². The van der Waals surface area contributed by atoms with Crippen LogP contribution in [0.3, 0.4) is 0 Å². The Labute approximate surface area is 248 Å². The van der Waals surface area contributed by atoms with Crippen LogP contribution in [0.4, 0.5) is 14.5 Å². The van der Waals surface area contributed by atoms with E-state index in [-0.39, 0.29) is 33.7 Å². The Morgan fingerprint density at radius 3 is 2.45 bits per heavy atom. The summed E-state index contributed by atoms with van der Waals surface area (Å²) in [6, 6.07) is 21.6. The summed E-state index contributed by atoms with van der Waals surface area (Å²) in [6.45, 7) is 2.20. The molecule has 0 atom stereocenters. The molecule has 1 amide bonds. The number of sulfonamides is 1. The van der Waals surface area contributed by atoms with E-state index in [1.807, 2.05) is 30.3 Å². The second kappa shape index (κ2) is 12.2. The van der Waals surface area contributed by atoms with E-state index in [9.17, 15) is 27.7 Å². The van der Waals surface area contributed by atoms with E-state index in [1.54, 1.807) is 6.92 Å². The highest BCUT2D eigenvalue weighted by atomic mass is 32.2. The van der Waals surface area contributed by atoms with Crippen LogP contribution in [0.25, 0.3) is 10.2 Å². The van der Waals surface area contributed by atoms with Gasteiger partial charge in [0, 0.05) is 24.7 Å². The van der Waals surface area contributed by atoms with E-state index in [1.165, 1.54) is 65.1 Å². The number of carbonyl (C=O) groups excluding carboxylic acids is 1. The number of nitrogens with zero attached hydrogens (tertiary/aromatic N) is 5. The fraction of sp³-hybridized carbons (Fsp3) is 0.107. The van der Waals surface area contributed by atoms with Crippen LogP contribution in [-0.2, 0) is 16.6 Å². The molecule has 0 spiro atoms. The van der Waals surface area contributed by atoms with E-state index in [4.69, 9.17) is 0 Å². The highest BCUT2D eigenvalue weighted by molar-refractivity contribution is 7.89. The third-order valence-electron chi connectivity index (χ3n) is 6.10. The molecule has 5 aromatic rings. The van der Waals surface area contributed by atoms with Crippen LogP contribution < -0.4 is 5.01 Å². The van der Waals surface area contributed by atoms with Crippen LogP contribution in [0, 0.1) is 15.9 Å². The Morgan fingerprint density at radius 1 is 1.05 bits per heavy atom. The van der Waals surface area contributed by atoms with Crippen molar-refractivity contribution in [1.29, 1.82) is 0 Å². The average molecular weight is 624 g/mol. The number of thiazole rings is 1. The number of halogens is 1. The molecule has 0 radical (unpaired) electrons. The van der Waals surface area contributed by atoms with Gasteiger partial charge >= 0.3 is 5.00 Å². The van der Waals surface area contributed by atoms with Crippen LogP contribution in [0.15, 0.2) is 94.9 Å². The van der Waals surface area contributed by atoms with Crippen molar-refractivity contribution in [3.8, 4) is 0 Å². The quantitative estimate of drug-likeness (QED) is 0.102. The van der Waals surface area contributed by atoms with Crippen molar-refractivity contribution < 1.29 is 22.5 Å². The number of hydrazone groups is 1.